The van der Waals surface area contributed by atoms with Gasteiger partial charge in [0.15, 0.2) is 17.7 Å². The molecular weight excluding hydrogens is 401 g/mol. The Hall–Kier alpha value is -1.15. The zero-order chi connectivity index (χ0) is 19.6. The zero-order valence-corrected chi connectivity index (χ0v) is 16.1. The Morgan fingerprint density at radius 3 is 2.74 bits per heavy atom. The highest BCUT2D eigenvalue weighted by Gasteiger charge is 2.46. The Labute approximate surface area is 157 Å². The number of nitrogen functional groups attached to an aromatic ring is 1. The fourth-order valence-corrected chi connectivity index (χ4v) is 5.87. The Bertz CT molecular complexity index is 837. The Morgan fingerprint density at radius 1 is 1.30 bits per heavy atom. The number of nitrogens with zero attached hydrogens (tertiary/aromatic N) is 4. The molecule has 1 saturated heterocycles. The molecule has 1 fully saturated rings. The third-order valence-electron chi connectivity index (χ3n) is 4.04. The molecule has 27 heavy (non-hydrogen) atoms. The smallest absolute Gasteiger partial charge is 0.274 e. The number of aromatic nitrogens is 4. The first-order valence-corrected chi connectivity index (χ1v) is 11.3. The third kappa shape index (κ3) is 4.47. The minimum absolute atomic E-state index is 0.0831. The Morgan fingerprint density at radius 2 is 2.07 bits per heavy atom. The second kappa shape index (κ2) is 8.47. The van der Waals surface area contributed by atoms with E-state index in [9.17, 15) is 19.8 Å². The summed E-state index contributed by atoms with van der Waals surface area (Å²) in [4.78, 5) is 40.9. The van der Waals surface area contributed by atoms with E-state index >= 15 is 0 Å². The number of aliphatic hydroxyl groups excluding tert-OH is 1. The lowest BCUT2D eigenvalue weighted by Gasteiger charge is -2.23. The van der Waals surface area contributed by atoms with Gasteiger partial charge in [0.1, 0.15) is 17.9 Å². The highest BCUT2D eigenvalue weighted by atomic mass is 32.5. The van der Waals surface area contributed by atoms with Gasteiger partial charge in [-0.15, -0.1) is 10.9 Å². The van der Waals surface area contributed by atoms with Crippen molar-refractivity contribution in [1.82, 2.24) is 19.5 Å². The second-order valence-corrected chi connectivity index (χ2v) is 10.0. The maximum absolute atomic E-state index is 9.68. The Kier molecular flexibility index (Phi) is 6.46. The van der Waals surface area contributed by atoms with Crippen LogP contribution in [0.3, 0.4) is 0 Å². The van der Waals surface area contributed by atoms with Crippen LogP contribution in [0.15, 0.2) is 12.7 Å². The molecule has 6 N–H and O–H groups in total. The summed E-state index contributed by atoms with van der Waals surface area (Å²) in [7, 11) is 1.44. The molecule has 3 heterocycles. The van der Waals surface area contributed by atoms with Crippen LogP contribution in [0.1, 0.15) is 6.23 Å². The van der Waals surface area contributed by atoms with Crippen LogP contribution in [-0.4, -0.2) is 83.7 Å². The summed E-state index contributed by atoms with van der Waals surface area (Å²) < 4.78 is 18.3. The summed E-state index contributed by atoms with van der Waals surface area (Å²) in [5.41, 5.74) is 6.60. The van der Waals surface area contributed by atoms with E-state index in [0.717, 1.165) is 0 Å². The summed E-state index contributed by atoms with van der Waals surface area (Å²) >= 11 is 0. The van der Waals surface area contributed by atoms with Gasteiger partial charge in [0.25, 0.3) is 6.72 Å². The molecule has 0 aromatic carbocycles. The van der Waals surface area contributed by atoms with Gasteiger partial charge in [-0.05, 0) is 0 Å². The predicted octanol–water partition coefficient (Wildman–Crippen LogP) is -1.83. The van der Waals surface area contributed by atoms with E-state index in [4.69, 9.17) is 19.9 Å². The molecule has 1 aliphatic rings. The number of hydrogen-bond acceptors (Lipinski definition) is 8. The number of anilines is 1. The highest BCUT2D eigenvalue weighted by Crippen LogP contribution is 2.40. The normalized spacial score (nSPS) is 26.1. The maximum Gasteiger partial charge on any atom is 0.274 e. The van der Waals surface area contributed by atoms with Crippen molar-refractivity contribution >= 4 is 34.6 Å². The lowest BCUT2D eigenvalue weighted by molar-refractivity contribution is -0.0749. The van der Waals surface area contributed by atoms with Crippen molar-refractivity contribution in [1.29, 1.82) is 0 Å². The van der Waals surface area contributed by atoms with Gasteiger partial charge < -0.3 is 39.7 Å². The summed E-state index contributed by atoms with van der Waals surface area (Å²) in [6.45, 7) is -4.06. The molecule has 2 aromatic heterocycles. The number of nitrogens with two attached hydrogens (primary N) is 1. The molecule has 0 saturated carbocycles. The first kappa shape index (κ1) is 20.6. The predicted molar refractivity (Wildman–Crippen MR) is 98.5 cm³/mol. The summed E-state index contributed by atoms with van der Waals surface area (Å²) in [6, 6.07) is 0. The van der Waals surface area contributed by atoms with Crippen molar-refractivity contribution in [2.24, 2.45) is 0 Å². The van der Waals surface area contributed by atoms with Gasteiger partial charge in [-0.2, -0.15) is 0 Å². The number of hydrogen-bond donors (Lipinski definition) is 6. The van der Waals surface area contributed by atoms with Crippen LogP contribution < -0.4 is 5.73 Å². The topological polar surface area (TPSA) is 178 Å². The number of imidazole rings is 1. The average molecular weight is 423 g/mol. The van der Waals surface area contributed by atoms with Crippen LogP contribution in [0.5, 0.6) is 0 Å². The molecule has 2 aromatic rings. The van der Waals surface area contributed by atoms with E-state index in [1.807, 2.05) is 0 Å². The van der Waals surface area contributed by atoms with E-state index in [-0.39, 0.29) is 23.4 Å². The average Bonchev–Trinajstić information content (AvgIpc) is 3.17. The summed E-state index contributed by atoms with van der Waals surface area (Å²) in [6.07, 6.45) is 0.420. The van der Waals surface area contributed by atoms with Crippen molar-refractivity contribution in [3.63, 3.8) is 0 Å². The van der Waals surface area contributed by atoms with Crippen LogP contribution in [0.4, 0.5) is 5.82 Å². The third-order valence-corrected chi connectivity index (χ3v) is 6.97. The minimum Gasteiger partial charge on any atom is -0.394 e. The molecule has 0 bridgehead atoms. The molecule has 4 atom stereocenters. The van der Waals surface area contributed by atoms with E-state index in [2.05, 4.69) is 15.0 Å². The molecule has 0 spiro atoms. The monoisotopic (exact) mass is 423 g/mol. The van der Waals surface area contributed by atoms with Crippen LogP contribution in [0.2, 0.25) is 0 Å². The van der Waals surface area contributed by atoms with Crippen LogP contribution in [0.25, 0.3) is 11.2 Å². The SMILES string of the molecule is COCCO[C@H]1[C@@H]([SH]=P(O)(O)O)[C@@H](CO)O[C@H]1n1cnc2c(N)ncnc21. The van der Waals surface area contributed by atoms with Crippen molar-refractivity contribution in [2.75, 3.05) is 32.7 Å². The number of ether oxygens (including phenoxy) is 3. The standard InChI is InChI=1S/C13H22N5O7PS/c1-23-2-3-24-9-10(27-26(20,21)22)7(4-19)25-13(9)18-6-17-8-11(14)15-5-16-12(8)18/h5-7,9-10,13,19-22,27H,2-4H2,1H3,(H2,14,15,16)/t7-,9+,10+,13-/m1/s1. The molecule has 0 radical (unpaired) electrons. The zero-order valence-electron chi connectivity index (χ0n) is 14.4. The van der Waals surface area contributed by atoms with Gasteiger partial charge in [-0.3, -0.25) is 4.57 Å². The fourth-order valence-electron chi connectivity index (χ4n) is 2.92. The van der Waals surface area contributed by atoms with Crippen molar-refractivity contribution in [3.8, 4) is 0 Å². The number of aliphatic hydroxyl groups is 1. The maximum atomic E-state index is 9.68. The minimum atomic E-state index is -4.15. The summed E-state index contributed by atoms with van der Waals surface area (Å²) in [5, 5.41) is 8.98. The van der Waals surface area contributed by atoms with E-state index in [1.54, 1.807) is 4.57 Å². The van der Waals surface area contributed by atoms with E-state index in [0.29, 0.717) is 17.8 Å². The molecule has 0 amide bonds. The summed E-state index contributed by atoms with van der Waals surface area (Å²) in [5.74, 6) is 0.202. The molecule has 0 aliphatic carbocycles. The van der Waals surface area contributed by atoms with Gasteiger partial charge in [-0.25, -0.2) is 15.0 Å². The number of thiol groups is 1. The number of fused-ring (bicyclic) bond motifs is 1. The first-order valence-electron chi connectivity index (χ1n) is 7.95. The van der Waals surface area contributed by atoms with Crippen molar-refractivity contribution in [3.05, 3.63) is 12.7 Å². The van der Waals surface area contributed by atoms with Crippen LogP contribution >= 0.6 is 6.72 Å². The van der Waals surface area contributed by atoms with Gasteiger partial charge in [0.2, 0.25) is 0 Å². The van der Waals surface area contributed by atoms with Crippen LogP contribution in [-0.2, 0) is 25.2 Å². The van der Waals surface area contributed by atoms with Gasteiger partial charge in [0, 0.05) is 7.11 Å². The van der Waals surface area contributed by atoms with E-state index in [1.165, 1.54) is 19.8 Å². The molecule has 14 heteroatoms. The molecule has 12 nitrogen and oxygen atoms in total. The molecule has 3 rings (SSSR count). The lowest BCUT2D eigenvalue weighted by atomic mass is 10.2. The molecular formula is C13H22N5O7PS. The molecule has 1 aliphatic heterocycles. The van der Waals surface area contributed by atoms with Crippen molar-refractivity contribution < 1.29 is 34.0 Å². The second-order valence-electron chi connectivity index (χ2n) is 5.80. The van der Waals surface area contributed by atoms with Gasteiger partial charge >= 0.3 is 0 Å². The van der Waals surface area contributed by atoms with Gasteiger partial charge in [0.05, 0.1) is 37.5 Å². The van der Waals surface area contributed by atoms with E-state index < -0.39 is 37.0 Å². The quantitative estimate of drug-likeness (QED) is 0.168. The first-order chi connectivity index (χ1) is 12.9. The van der Waals surface area contributed by atoms with Crippen molar-refractivity contribution in [2.45, 2.75) is 23.7 Å². The molecule has 152 valence electrons. The highest BCUT2D eigenvalue weighted by molar-refractivity contribution is 8.16. The number of rotatable bonds is 7. The Balaban J connectivity index is 2.02. The largest absolute Gasteiger partial charge is 0.394 e. The van der Waals surface area contributed by atoms with Crippen LogP contribution in [0, 0.1) is 0 Å². The fraction of sp³-hybridized carbons (Fsp3) is 0.615. The number of methoxy groups -OCH3 is 1. The molecule has 0 unspecified atom stereocenters. The lowest BCUT2D eigenvalue weighted by Crippen LogP contribution is -2.36. The van der Waals surface area contributed by atoms with Gasteiger partial charge in [-0.1, -0.05) is 0 Å².